The number of amides is 2. The van der Waals surface area contributed by atoms with Gasteiger partial charge in [-0.2, -0.15) is 0 Å². The molecule has 1 unspecified atom stereocenters. The van der Waals surface area contributed by atoms with Crippen molar-refractivity contribution in [2.75, 3.05) is 11.9 Å². The third-order valence-corrected chi connectivity index (χ3v) is 3.64. The first kappa shape index (κ1) is 14.3. The van der Waals surface area contributed by atoms with Crippen LogP contribution in [0.3, 0.4) is 0 Å². The van der Waals surface area contributed by atoms with Crippen LogP contribution in [0.2, 0.25) is 0 Å². The number of nitrogens with one attached hydrogen (secondary N) is 2. The lowest BCUT2D eigenvalue weighted by Crippen LogP contribution is -2.31. The second-order valence-corrected chi connectivity index (χ2v) is 5.83. The second kappa shape index (κ2) is 5.48. The van der Waals surface area contributed by atoms with Crippen LogP contribution < -0.4 is 10.6 Å². The van der Waals surface area contributed by atoms with E-state index in [0.29, 0.717) is 29.3 Å². The summed E-state index contributed by atoms with van der Waals surface area (Å²) < 4.78 is 0. The summed E-state index contributed by atoms with van der Waals surface area (Å²) in [4.78, 5) is 26.2. The normalized spacial score (nSPS) is 19.2. The highest BCUT2D eigenvalue weighted by molar-refractivity contribution is 5.89. The Bertz CT molecular complexity index is 511. The second-order valence-electron chi connectivity index (χ2n) is 5.83. The summed E-state index contributed by atoms with van der Waals surface area (Å²) in [6.45, 7) is 5.04. The molecule has 1 aliphatic rings. The minimum Gasteiger partial charge on any atom is -0.481 e. The Morgan fingerprint density at radius 3 is 2.65 bits per heavy atom. The highest BCUT2D eigenvalue weighted by Gasteiger charge is 2.45. The van der Waals surface area contributed by atoms with Gasteiger partial charge in [0.05, 0.1) is 24.0 Å². The fraction of sp³-hybridized carbons (Fsp3) is 0.500. The zero-order chi connectivity index (χ0) is 14.8. The van der Waals surface area contributed by atoms with Crippen molar-refractivity contribution in [2.45, 2.75) is 26.7 Å². The molecule has 0 saturated heterocycles. The summed E-state index contributed by atoms with van der Waals surface area (Å²) >= 11 is 0. The number of carboxylic acid groups (broad SMARTS) is 1. The van der Waals surface area contributed by atoms with Gasteiger partial charge in [0.2, 0.25) is 0 Å². The topological polar surface area (TPSA) is 91.3 Å². The van der Waals surface area contributed by atoms with Crippen LogP contribution in [0.4, 0.5) is 10.5 Å². The monoisotopic (exact) mass is 277 g/mol. The first-order valence-electron chi connectivity index (χ1n) is 6.58. The lowest BCUT2D eigenvalue weighted by atomic mass is 10.1. The van der Waals surface area contributed by atoms with Gasteiger partial charge in [-0.1, -0.05) is 13.8 Å². The number of hydrogen-bond donors (Lipinski definition) is 3. The quantitative estimate of drug-likeness (QED) is 0.766. The van der Waals surface area contributed by atoms with Gasteiger partial charge in [-0.05, 0) is 29.9 Å². The van der Waals surface area contributed by atoms with Gasteiger partial charge < -0.3 is 15.7 Å². The highest BCUT2D eigenvalue weighted by atomic mass is 16.4. The minimum absolute atomic E-state index is 0.122. The van der Waals surface area contributed by atoms with E-state index < -0.39 is 5.97 Å². The fourth-order valence-corrected chi connectivity index (χ4v) is 2.07. The lowest BCUT2D eigenvalue weighted by molar-refractivity contribution is -0.136. The smallest absolute Gasteiger partial charge is 0.319 e. The van der Waals surface area contributed by atoms with Crippen molar-refractivity contribution in [3.8, 4) is 0 Å². The van der Waals surface area contributed by atoms with Crippen molar-refractivity contribution in [3.63, 3.8) is 0 Å². The number of hydrogen-bond acceptors (Lipinski definition) is 3. The molecule has 0 bridgehead atoms. The van der Waals surface area contributed by atoms with Crippen molar-refractivity contribution in [3.05, 3.63) is 24.0 Å². The standard InChI is InChI=1S/C14H19N3O3/c1-14(2)6-9(14)7-16-13(20)17-11-4-3-10(15-8-11)5-12(18)19/h3-4,8-9H,5-7H2,1-2H3,(H,18,19)(H2,16,17,20). The Labute approximate surface area is 117 Å². The number of carbonyl (C=O) groups is 2. The predicted molar refractivity (Wildman–Crippen MR) is 74.5 cm³/mol. The van der Waals surface area contributed by atoms with E-state index in [1.165, 1.54) is 6.20 Å². The molecule has 0 aliphatic heterocycles. The lowest BCUT2D eigenvalue weighted by Gasteiger charge is -2.08. The van der Waals surface area contributed by atoms with E-state index in [9.17, 15) is 9.59 Å². The van der Waals surface area contributed by atoms with E-state index in [2.05, 4.69) is 29.5 Å². The Hall–Kier alpha value is -2.11. The maximum Gasteiger partial charge on any atom is 0.319 e. The molecule has 20 heavy (non-hydrogen) atoms. The van der Waals surface area contributed by atoms with E-state index in [0.717, 1.165) is 6.42 Å². The number of rotatable bonds is 5. The molecule has 1 aromatic rings. The molecule has 2 rings (SSSR count). The summed E-state index contributed by atoms with van der Waals surface area (Å²) in [5, 5.41) is 14.1. The van der Waals surface area contributed by atoms with Gasteiger partial charge in [-0.25, -0.2) is 4.79 Å². The third-order valence-electron chi connectivity index (χ3n) is 3.64. The van der Waals surface area contributed by atoms with Gasteiger partial charge in [-0.3, -0.25) is 9.78 Å². The van der Waals surface area contributed by atoms with Crippen molar-refractivity contribution in [1.29, 1.82) is 0 Å². The molecular formula is C14H19N3O3. The molecule has 1 aromatic heterocycles. The van der Waals surface area contributed by atoms with Gasteiger partial charge in [0.1, 0.15) is 0 Å². The van der Waals surface area contributed by atoms with Gasteiger partial charge in [0.15, 0.2) is 0 Å². The maximum atomic E-state index is 11.7. The summed E-state index contributed by atoms with van der Waals surface area (Å²) in [7, 11) is 0. The molecule has 2 amide bonds. The van der Waals surface area contributed by atoms with E-state index >= 15 is 0 Å². The van der Waals surface area contributed by atoms with Crippen LogP contribution in [-0.2, 0) is 11.2 Å². The molecule has 6 heteroatoms. The molecule has 1 saturated carbocycles. The Kier molecular flexibility index (Phi) is 3.92. The van der Waals surface area contributed by atoms with Crippen molar-refractivity contribution < 1.29 is 14.7 Å². The number of nitrogens with zero attached hydrogens (tertiary/aromatic N) is 1. The Balaban J connectivity index is 1.77. The van der Waals surface area contributed by atoms with Crippen molar-refractivity contribution in [1.82, 2.24) is 10.3 Å². The Morgan fingerprint density at radius 2 is 2.15 bits per heavy atom. The van der Waals surface area contributed by atoms with E-state index in [1.54, 1.807) is 12.1 Å². The van der Waals surface area contributed by atoms with Crippen LogP contribution in [0, 0.1) is 11.3 Å². The molecule has 6 nitrogen and oxygen atoms in total. The van der Waals surface area contributed by atoms with Gasteiger partial charge >= 0.3 is 12.0 Å². The zero-order valence-corrected chi connectivity index (χ0v) is 11.6. The van der Waals surface area contributed by atoms with Crippen LogP contribution in [0.15, 0.2) is 18.3 Å². The van der Waals surface area contributed by atoms with Crippen LogP contribution in [0.25, 0.3) is 0 Å². The number of aromatic nitrogens is 1. The molecule has 1 heterocycles. The van der Waals surface area contributed by atoms with Crippen LogP contribution in [0.1, 0.15) is 26.0 Å². The van der Waals surface area contributed by atoms with Gasteiger partial charge in [0.25, 0.3) is 0 Å². The molecule has 3 N–H and O–H groups in total. The number of pyridine rings is 1. The van der Waals surface area contributed by atoms with Crippen molar-refractivity contribution in [2.24, 2.45) is 11.3 Å². The molecule has 1 atom stereocenters. The molecule has 1 aliphatic carbocycles. The summed E-state index contributed by atoms with van der Waals surface area (Å²) in [5.74, 6) is -0.382. The van der Waals surface area contributed by atoms with Crippen molar-refractivity contribution >= 4 is 17.7 Å². The van der Waals surface area contributed by atoms with E-state index in [-0.39, 0.29) is 12.5 Å². The number of urea groups is 1. The molecular weight excluding hydrogens is 258 g/mol. The maximum absolute atomic E-state index is 11.7. The average molecular weight is 277 g/mol. The molecule has 108 valence electrons. The SMILES string of the molecule is CC1(C)CC1CNC(=O)Nc1ccc(CC(=O)O)nc1. The molecule has 0 spiro atoms. The number of aliphatic carboxylic acids is 1. The van der Waals surface area contributed by atoms with Gasteiger partial charge in [-0.15, -0.1) is 0 Å². The minimum atomic E-state index is -0.928. The zero-order valence-electron chi connectivity index (χ0n) is 11.6. The summed E-state index contributed by atoms with van der Waals surface area (Å²) in [5.41, 5.74) is 1.35. The Morgan fingerprint density at radius 1 is 1.45 bits per heavy atom. The number of carboxylic acids is 1. The number of carbonyl (C=O) groups excluding carboxylic acids is 1. The van der Waals surface area contributed by atoms with E-state index in [1.807, 2.05) is 0 Å². The van der Waals surface area contributed by atoms with Crippen LogP contribution >= 0.6 is 0 Å². The molecule has 0 radical (unpaired) electrons. The predicted octanol–water partition coefficient (Wildman–Crippen LogP) is 1.88. The van der Waals surface area contributed by atoms with Crippen LogP contribution in [0.5, 0.6) is 0 Å². The van der Waals surface area contributed by atoms with Crippen LogP contribution in [-0.4, -0.2) is 28.6 Å². The molecule has 0 aromatic carbocycles. The molecule has 1 fully saturated rings. The average Bonchev–Trinajstić information content (AvgIpc) is 2.96. The third kappa shape index (κ3) is 3.94. The number of anilines is 1. The van der Waals surface area contributed by atoms with Gasteiger partial charge in [0, 0.05) is 6.54 Å². The largest absolute Gasteiger partial charge is 0.481 e. The first-order chi connectivity index (χ1) is 9.37. The fourth-order valence-electron chi connectivity index (χ4n) is 2.07. The highest BCUT2D eigenvalue weighted by Crippen LogP contribution is 2.50. The van der Waals surface area contributed by atoms with E-state index in [4.69, 9.17) is 5.11 Å². The summed E-state index contributed by atoms with van der Waals surface area (Å²) in [6, 6.07) is 2.97. The first-order valence-corrected chi connectivity index (χ1v) is 6.58. The summed E-state index contributed by atoms with van der Waals surface area (Å²) in [6.07, 6.45) is 2.47.